The minimum absolute atomic E-state index is 0.118. The van der Waals surface area contributed by atoms with Crippen molar-refractivity contribution in [1.29, 1.82) is 0 Å². The third-order valence-electron chi connectivity index (χ3n) is 3.00. The second-order valence-electron chi connectivity index (χ2n) is 4.18. The standard InChI is InChI=1S/C10H16N2O/c1-7-8(2)12-13-9(7)3-4-10(11)5-6-10/h3-6,11H2,1-2H3. The molecule has 1 heterocycles. The summed E-state index contributed by atoms with van der Waals surface area (Å²) in [6, 6.07) is 0. The Morgan fingerprint density at radius 1 is 1.46 bits per heavy atom. The summed E-state index contributed by atoms with van der Waals surface area (Å²) in [5.74, 6) is 1.01. The Morgan fingerprint density at radius 3 is 2.62 bits per heavy atom. The van der Waals surface area contributed by atoms with Gasteiger partial charge in [0, 0.05) is 17.5 Å². The predicted octanol–water partition coefficient (Wildman–Crippen LogP) is 1.72. The molecule has 1 saturated carbocycles. The van der Waals surface area contributed by atoms with Crippen molar-refractivity contribution in [1.82, 2.24) is 5.16 Å². The lowest BCUT2D eigenvalue weighted by atomic mass is 10.1. The molecule has 0 unspecified atom stereocenters. The molecule has 0 aliphatic heterocycles. The Hall–Kier alpha value is -0.830. The molecule has 13 heavy (non-hydrogen) atoms. The van der Waals surface area contributed by atoms with Crippen LogP contribution in [0, 0.1) is 13.8 Å². The van der Waals surface area contributed by atoms with Gasteiger partial charge in [0.25, 0.3) is 0 Å². The van der Waals surface area contributed by atoms with E-state index in [0.717, 1.165) is 24.3 Å². The number of hydrogen-bond acceptors (Lipinski definition) is 3. The van der Waals surface area contributed by atoms with Crippen molar-refractivity contribution in [3.63, 3.8) is 0 Å². The van der Waals surface area contributed by atoms with Gasteiger partial charge in [0.2, 0.25) is 0 Å². The highest BCUT2D eigenvalue weighted by atomic mass is 16.5. The topological polar surface area (TPSA) is 52.0 Å². The zero-order valence-electron chi connectivity index (χ0n) is 8.26. The molecule has 2 rings (SSSR count). The molecule has 1 aliphatic carbocycles. The van der Waals surface area contributed by atoms with Crippen molar-refractivity contribution in [3.8, 4) is 0 Å². The van der Waals surface area contributed by atoms with Gasteiger partial charge < -0.3 is 10.3 Å². The lowest BCUT2D eigenvalue weighted by Gasteiger charge is -2.05. The fourth-order valence-corrected chi connectivity index (χ4v) is 1.47. The maximum absolute atomic E-state index is 5.99. The van der Waals surface area contributed by atoms with E-state index >= 15 is 0 Å². The van der Waals surface area contributed by atoms with E-state index in [-0.39, 0.29) is 5.54 Å². The van der Waals surface area contributed by atoms with Gasteiger partial charge in [-0.3, -0.25) is 0 Å². The number of nitrogens with two attached hydrogens (primary N) is 1. The molecule has 0 aromatic carbocycles. The zero-order valence-corrected chi connectivity index (χ0v) is 8.26. The number of hydrogen-bond donors (Lipinski definition) is 1. The van der Waals surface area contributed by atoms with Crippen LogP contribution in [0.4, 0.5) is 0 Å². The molecule has 0 amide bonds. The highest BCUT2D eigenvalue weighted by molar-refractivity contribution is 5.20. The van der Waals surface area contributed by atoms with E-state index in [2.05, 4.69) is 12.1 Å². The first-order valence-electron chi connectivity index (χ1n) is 4.81. The normalized spacial score (nSPS) is 19.0. The van der Waals surface area contributed by atoms with Crippen LogP contribution >= 0.6 is 0 Å². The second-order valence-corrected chi connectivity index (χ2v) is 4.18. The quantitative estimate of drug-likeness (QED) is 0.770. The van der Waals surface area contributed by atoms with E-state index < -0.39 is 0 Å². The first-order valence-corrected chi connectivity index (χ1v) is 4.81. The molecule has 1 aromatic heterocycles. The van der Waals surface area contributed by atoms with Crippen molar-refractivity contribution < 1.29 is 4.52 Å². The Morgan fingerprint density at radius 2 is 2.15 bits per heavy atom. The Labute approximate surface area is 78.3 Å². The molecule has 1 aliphatic rings. The highest BCUT2D eigenvalue weighted by Gasteiger charge is 2.37. The fourth-order valence-electron chi connectivity index (χ4n) is 1.47. The first kappa shape index (κ1) is 8.75. The van der Waals surface area contributed by atoms with Crippen LogP contribution in [-0.2, 0) is 6.42 Å². The summed E-state index contributed by atoms with van der Waals surface area (Å²) in [5.41, 5.74) is 8.29. The summed E-state index contributed by atoms with van der Waals surface area (Å²) in [6.07, 6.45) is 4.30. The molecule has 0 saturated heterocycles. The summed E-state index contributed by atoms with van der Waals surface area (Å²) < 4.78 is 5.21. The van der Waals surface area contributed by atoms with Crippen LogP contribution in [-0.4, -0.2) is 10.7 Å². The van der Waals surface area contributed by atoms with Gasteiger partial charge in [0.05, 0.1) is 5.69 Å². The predicted molar refractivity (Wildman–Crippen MR) is 50.5 cm³/mol. The average Bonchev–Trinajstić information content (AvgIpc) is 2.75. The fraction of sp³-hybridized carbons (Fsp3) is 0.700. The van der Waals surface area contributed by atoms with Crippen LogP contribution in [0.5, 0.6) is 0 Å². The van der Waals surface area contributed by atoms with Crippen molar-refractivity contribution in [2.24, 2.45) is 5.73 Å². The summed E-state index contributed by atoms with van der Waals surface area (Å²) in [7, 11) is 0. The smallest absolute Gasteiger partial charge is 0.139 e. The van der Waals surface area contributed by atoms with Crippen LogP contribution in [0.3, 0.4) is 0 Å². The summed E-state index contributed by atoms with van der Waals surface area (Å²) >= 11 is 0. The number of rotatable bonds is 3. The van der Waals surface area contributed by atoms with E-state index in [0.29, 0.717) is 0 Å². The van der Waals surface area contributed by atoms with Crippen LogP contribution in [0.2, 0.25) is 0 Å². The van der Waals surface area contributed by atoms with Crippen molar-refractivity contribution in [2.45, 2.75) is 45.1 Å². The molecule has 72 valence electrons. The molecule has 0 atom stereocenters. The maximum Gasteiger partial charge on any atom is 0.139 e. The van der Waals surface area contributed by atoms with Gasteiger partial charge in [-0.1, -0.05) is 5.16 Å². The molecule has 0 radical (unpaired) electrons. The molecule has 1 fully saturated rings. The van der Waals surface area contributed by atoms with Gasteiger partial charge in [-0.2, -0.15) is 0 Å². The third-order valence-corrected chi connectivity index (χ3v) is 3.00. The monoisotopic (exact) mass is 180 g/mol. The lowest BCUT2D eigenvalue weighted by Crippen LogP contribution is -2.22. The van der Waals surface area contributed by atoms with E-state index in [1.165, 1.54) is 18.4 Å². The second kappa shape index (κ2) is 2.84. The molecule has 3 heteroatoms. The van der Waals surface area contributed by atoms with Crippen molar-refractivity contribution in [3.05, 3.63) is 17.0 Å². The van der Waals surface area contributed by atoms with Gasteiger partial charge in [-0.15, -0.1) is 0 Å². The maximum atomic E-state index is 5.99. The van der Waals surface area contributed by atoms with Gasteiger partial charge in [-0.05, 0) is 33.1 Å². The number of aromatic nitrogens is 1. The van der Waals surface area contributed by atoms with E-state index in [4.69, 9.17) is 10.3 Å². The van der Waals surface area contributed by atoms with Crippen LogP contribution in [0.15, 0.2) is 4.52 Å². The van der Waals surface area contributed by atoms with Crippen LogP contribution in [0.1, 0.15) is 36.3 Å². The van der Waals surface area contributed by atoms with Gasteiger partial charge in [-0.25, -0.2) is 0 Å². The van der Waals surface area contributed by atoms with E-state index in [9.17, 15) is 0 Å². The largest absolute Gasteiger partial charge is 0.361 e. The number of nitrogens with zero attached hydrogens (tertiary/aromatic N) is 1. The summed E-state index contributed by atoms with van der Waals surface area (Å²) in [4.78, 5) is 0. The highest BCUT2D eigenvalue weighted by Crippen LogP contribution is 2.36. The summed E-state index contributed by atoms with van der Waals surface area (Å²) in [6.45, 7) is 4.02. The van der Waals surface area contributed by atoms with Crippen molar-refractivity contribution >= 4 is 0 Å². The molecular formula is C10H16N2O. The lowest BCUT2D eigenvalue weighted by molar-refractivity contribution is 0.370. The van der Waals surface area contributed by atoms with Gasteiger partial charge in [0.1, 0.15) is 5.76 Å². The van der Waals surface area contributed by atoms with Gasteiger partial charge >= 0.3 is 0 Å². The Kier molecular flexibility index (Phi) is 1.91. The molecule has 0 bridgehead atoms. The average molecular weight is 180 g/mol. The van der Waals surface area contributed by atoms with Crippen molar-refractivity contribution in [2.75, 3.05) is 0 Å². The number of aryl methyl sites for hydroxylation is 2. The zero-order chi connectivity index (χ0) is 9.47. The van der Waals surface area contributed by atoms with E-state index in [1.807, 2.05) is 6.92 Å². The molecular weight excluding hydrogens is 164 g/mol. The first-order chi connectivity index (χ1) is 6.11. The third kappa shape index (κ3) is 1.75. The molecule has 0 spiro atoms. The summed E-state index contributed by atoms with van der Waals surface area (Å²) in [5, 5.41) is 3.92. The molecule has 3 nitrogen and oxygen atoms in total. The van der Waals surface area contributed by atoms with Crippen LogP contribution in [0.25, 0.3) is 0 Å². The SMILES string of the molecule is Cc1noc(CCC2(N)CC2)c1C. The Bertz CT molecular complexity index is 313. The van der Waals surface area contributed by atoms with E-state index in [1.54, 1.807) is 0 Å². The van der Waals surface area contributed by atoms with Gasteiger partial charge in [0.15, 0.2) is 0 Å². The minimum Gasteiger partial charge on any atom is -0.361 e. The minimum atomic E-state index is 0.118. The Balaban J connectivity index is 1.97. The molecule has 1 aromatic rings. The van der Waals surface area contributed by atoms with Crippen LogP contribution < -0.4 is 5.73 Å². The molecule has 2 N–H and O–H groups in total.